The number of nitrogens with one attached hydrogen (secondary N) is 1. The Morgan fingerprint density at radius 3 is 2.60 bits per heavy atom. The molecule has 0 aromatic rings. The molecule has 1 N–H and O–H groups in total. The molecular formula is C16H26N2OS. The molecule has 20 heavy (non-hydrogen) atoms. The Labute approximate surface area is 126 Å². The predicted octanol–water partition coefficient (Wildman–Crippen LogP) is 2.75. The molecule has 2 saturated carbocycles. The molecule has 1 spiro atoms. The van der Waals surface area contributed by atoms with Crippen molar-refractivity contribution in [3.8, 4) is 0 Å². The summed E-state index contributed by atoms with van der Waals surface area (Å²) >= 11 is 2.08. The Kier molecular flexibility index (Phi) is 3.12. The van der Waals surface area contributed by atoms with Gasteiger partial charge in [-0.15, -0.1) is 0 Å². The Bertz CT molecular complexity index is 409. The van der Waals surface area contributed by atoms with Gasteiger partial charge in [-0.2, -0.15) is 11.8 Å². The van der Waals surface area contributed by atoms with Crippen molar-refractivity contribution < 1.29 is 4.79 Å². The second kappa shape index (κ2) is 4.64. The van der Waals surface area contributed by atoms with Gasteiger partial charge in [-0.05, 0) is 57.1 Å². The molecule has 4 aliphatic rings. The maximum Gasteiger partial charge on any atom is 0.244 e. The average molecular weight is 294 g/mol. The lowest BCUT2D eigenvalue weighted by molar-refractivity contribution is -0.131. The van der Waals surface area contributed by atoms with Gasteiger partial charge in [-0.3, -0.25) is 10.1 Å². The summed E-state index contributed by atoms with van der Waals surface area (Å²) in [6.07, 6.45) is 10.4. The standard InChI is InChI=1S/C16H26N2OS/c1-15(7-4-10-20-15)11-18-13(12-5-2-3-6-12)17-16(8-9-16)14(18)19/h12-13,17H,2-11H2,1H3. The fourth-order valence-corrected chi connectivity index (χ4v) is 5.75. The molecule has 0 aromatic carbocycles. The molecule has 2 unspecified atom stereocenters. The number of carbonyl (C=O) groups is 1. The molecule has 4 fully saturated rings. The molecule has 3 nitrogen and oxygen atoms in total. The highest BCUT2D eigenvalue weighted by atomic mass is 32.2. The Morgan fingerprint density at radius 1 is 1.25 bits per heavy atom. The van der Waals surface area contributed by atoms with Crippen LogP contribution in [0.2, 0.25) is 0 Å². The molecule has 2 aliphatic carbocycles. The van der Waals surface area contributed by atoms with Gasteiger partial charge in [0.15, 0.2) is 0 Å². The third-order valence-corrected chi connectivity index (χ3v) is 7.35. The first kappa shape index (κ1) is 13.4. The smallest absolute Gasteiger partial charge is 0.244 e. The van der Waals surface area contributed by atoms with Crippen LogP contribution in [0.4, 0.5) is 0 Å². The number of amides is 1. The number of hydrogen-bond acceptors (Lipinski definition) is 3. The van der Waals surface area contributed by atoms with Crippen LogP contribution in [0, 0.1) is 5.92 Å². The molecule has 2 atom stereocenters. The second-order valence-corrected chi connectivity index (χ2v) is 9.23. The SMILES string of the molecule is CC1(CN2C(=O)C3(CC3)NC2C2CCCC2)CCCS1. The summed E-state index contributed by atoms with van der Waals surface area (Å²) < 4.78 is 0.300. The van der Waals surface area contributed by atoms with E-state index in [1.165, 1.54) is 44.3 Å². The van der Waals surface area contributed by atoms with E-state index in [1.54, 1.807) is 0 Å². The average Bonchev–Trinajstić information content (AvgIpc) is 2.82. The minimum Gasteiger partial charge on any atom is -0.324 e. The lowest BCUT2D eigenvalue weighted by atomic mass is 10.0. The zero-order valence-electron chi connectivity index (χ0n) is 12.5. The first-order chi connectivity index (χ1) is 9.62. The van der Waals surface area contributed by atoms with Crippen LogP contribution in [0.5, 0.6) is 0 Å². The molecule has 0 bridgehead atoms. The van der Waals surface area contributed by atoms with Gasteiger partial charge in [-0.1, -0.05) is 12.8 Å². The molecule has 1 amide bonds. The van der Waals surface area contributed by atoms with Crippen LogP contribution in [0.1, 0.15) is 58.3 Å². The summed E-state index contributed by atoms with van der Waals surface area (Å²) in [5.41, 5.74) is -0.132. The Balaban J connectivity index is 1.55. The van der Waals surface area contributed by atoms with E-state index >= 15 is 0 Å². The van der Waals surface area contributed by atoms with Crippen LogP contribution in [0.25, 0.3) is 0 Å². The highest BCUT2D eigenvalue weighted by Gasteiger charge is 2.61. The maximum atomic E-state index is 12.8. The molecule has 2 saturated heterocycles. The van der Waals surface area contributed by atoms with E-state index in [-0.39, 0.29) is 5.54 Å². The van der Waals surface area contributed by atoms with Gasteiger partial charge in [0.2, 0.25) is 5.91 Å². The molecule has 0 radical (unpaired) electrons. The minimum atomic E-state index is -0.132. The molecule has 112 valence electrons. The van der Waals surface area contributed by atoms with Crippen LogP contribution < -0.4 is 5.32 Å². The monoisotopic (exact) mass is 294 g/mol. The summed E-state index contributed by atoms with van der Waals surface area (Å²) in [7, 11) is 0. The quantitative estimate of drug-likeness (QED) is 0.868. The van der Waals surface area contributed by atoms with E-state index in [4.69, 9.17) is 0 Å². The van der Waals surface area contributed by atoms with Gasteiger partial charge in [0.1, 0.15) is 0 Å². The van der Waals surface area contributed by atoms with Crippen molar-refractivity contribution in [2.75, 3.05) is 12.3 Å². The summed E-state index contributed by atoms with van der Waals surface area (Å²) in [5.74, 6) is 2.39. The predicted molar refractivity (Wildman–Crippen MR) is 82.7 cm³/mol. The highest BCUT2D eigenvalue weighted by molar-refractivity contribution is 8.00. The van der Waals surface area contributed by atoms with Crippen molar-refractivity contribution in [3.05, 3.63) is 0 Å². The zero-order chi connectivity index (χ0) is 13.8. The Morgan fingerprint density at radius 2 is 2.00 bits per heavy atom. The first-order valence-corrected chi connectivity index (χ1v) is 9.33. The third kappa shape index (κ3) is 2.10. The van der Waals surface area contributed by atoms with Crippen molar-refractivity contribution >= 4 is 17.7 Å². The van der Waals surface area contributed by atoms with Crippen LogP contribution in [0.15, 0.2) is 0 Å². The molecule has 2 heterocycles. The van der Waals surface area contributed by atoms with Crippen molar-refractivity contribution in [1.29, 1.82) is 0 Å². The first-order valence-electron chi connectivity index (χ1n) is 8.35. The third-order valence-electron chi connectivity index (χ3n) is 5.83. The van der Waals surface area contributed by atoms with E-state index < -0.39 is 0 Å². The fraction of sp³-hybridized carbons (Fsp3) is 0.938. The van der Waals surface area contributed by atoms with Crippen LogP contribution in [-0.2, 0) is 4.79 Å². The minimum absolute atomic E-state index is 0.132. The van der Waals surface area contributed by atoms with E-state index in [0.29, 0.717) is 22.7 Å². The second-order valence-electron chi connectivity index (χ2n) is 7.55. The summed E-state index contributed by atoms with van der Waals surface area (Å²) in [5, 5.41) is 3.74. The zero-order valence-corrected chi connectivity index (χ0v) is 13.3. The van der Waals surface area contributed by atoms with E-state index in [9.17, 15) is 4.79 Å². The summed E-state index contributed by atoms with van der Waals surface area (Å²) in [4.78, 5) is 15.1. The Hall–Kier alpha value is -0.220. The number of thioether (sulfide) groups is 1. The molecule has 0 aromatic heterocycles. The molecule has 4 heteroatoms. The number of rotatable bonds is 3. The van der Waals surface area contributed by atoms with Crippen molar-refractivity contribution in [2.45, 2.75) is 74.7 Å². The van der Waals surface area contributed by atoms with Gasteiger partial charge in [-0.25, -0.2) is 0 Å². The van der Waals surface area contributed by atoms with Gasteiger partial charge in [0.25, 0.3) is 0 Å². The number of hydrogen-bond donors (Lipinski definition) is 1. The lowest BCUT2D eigenvalue weighted by Gasteiger charge is -2.35. The normalized spacial score (nSPS) is 40.1. The van der Waals surface area contributed by atoms with Gasteiger partial charge in [0.05, 0.1) is 11.7 Å². The van der Waals surface area contributed by atoms with Gasteiger partial charge < -0.3 is 4.90 Å². The number of carbonyl (C=O) groups excluding carboxylic acids is 1. The van der Waals surface area contributed by atoms with Crippen LogP contribution in [0.3, 0.4) is 0 Å². The van der Waals surface area contributed by atoms with E-state index in [1.807, 2.05) is 0 Å². The van der Waals surface area contributed by atoms with Crippen molar-refractivity contribution in [2.24, 2.45) is 5.92 Å². The summed E-state index contributed by atoms with van der Waals surface area (Å²) in [6, 6.07) is 0. The summed E-state index contributed by atoms with van der Waals surface area (Å²) in [6.45, 7) is 3.33. The lowest BCUT2D eigenvalue weighted by Crippen LogP contribution is -2.47. The highest BCUT2D eigenvalue weighted by Crippen LogP contribution is 2.47. The molecular weight excluding hydrogens is 268 g/mol. The van der Waals surface area contributed by atoms with Crippen LogP contribution >= 0.6 is 11.8 Å². The maximum absolute atomic E-state index is 12.8. The van der Waals surface area contributed by atoms with E-state index in [2.05, 4.69) is 28.9 Å². The van der Waals surface area contributed by atoms with Crippen molar-refractivity contribution in [1.82, 2.24) is 10.2 Å². The number of nitrogens with zero attached hydrogens (tertiary/aromatic N) is 1. The van der Waals surface area contributed by atoms with Gasteiger partial charge >= 0.3 is 0 Å². The van der Waals surface area contributed by atoms with Crippen LogP contribution in [-0.4, -0.2) is 39.6 Å². The molecule has 2 aliphatic heterocycles. The molecule has 4 rings (SSSR count). The largest absolute Gasteiger partial charge is 0.324 e. The fourth-order valence-electron chi connectivity index (χ4n) is 4.44. The topological polar surface area (TPSA) is 32.3 Å². The van der Waals surface area contributed by atoms with E-state index in [0.717, 1.165) is 19.4 Å². The van der Waals surface area contributed by atoms with Crippen molar-refractivity contribution in [3.63, 3.8) is 0 Å². The van der Waals surface area contributed by atoms with Gasteiger partial charge in [0, 0.05) is 11.3 Å².